The molecule has 1 N–H and O–H groups in total. The fourth-order valence-electron chi connectivity index (χ4n) is 3.77. The zero-order valence-electron chi connectivity index (χ0n) is 11.3. The van der Waals surface area contributed by atoms with E-state index in [9.17, 15) is 9.90 Å². The highest BCUT2D eigenvalue weighted by molar-refractivity contribution is 5.79. The average Bonchev–Trinajstić information content (AvgIpc) is 2.57. The van der Waals surface area contributed by atoms with Gasteiger partial charge in [-0.25, -0.2) is 0 Å². The quantitative estimate of drug-likeness (QED) is 0.817. The van der Waals surface area contributed by atoms with Gasteiger partial charge in [-0.2, -0.15) is 0 Å². The molecular weight excluding hydrogens is 212 g/mol. The van der Waals surface area contributed by atoms with Crippen LogP contribution in [0.2, 0.25) is 0 Å². The third kappa shape index (κ3) is 3.54. The van der Waals surface area contributed by atoms with Crippen LogP contribution in [0.25, 0.3) is 0 Å². The van der Waals surface area contributed by atoms with Crippen LogP contribution in [-0.2, 0) is 4.79 Å². The first kappa shape index (κ1) is 13.1. The van der Waals surface area contributed by atoms with Gasteiger partial charge >= 0.3 is 0 Å². The number of hydrogen-bond acceptors (Lipinski definition) is 2. The van der Waals surface area contributed by atoms with E-state index in [0.29, 0.717) is 11.2 Å². The van der Waals surface area contributed by atoms with Crippen molar-refractivity contribution in [3.8, 4) is 0 Å². The Balaban J connectivity index is 1.84. The van der Waals surface area contributed by atoms with Crippen molar-refractivity contribution in [2.45, 2.75) is 77.2 Å². The Labute approximate surface area is 105 Å². The predicted octanol–water partition coefficient (Wildman–Crippen LogP) is 3.47. The molecule has 1 spiro atoms. The molecule has 0 saturated heterocycles. The summed E-state index contributed by atoms with van der Waals surface area (Å²) in [6.45, 7) is 3.78. The molecule has 0 radical (unpaired) electrons. The molecule has 0 aliphatic heterocycles. The highest BCUT2D eigenvalue weighted by Gasteiger charge is 2.42. The highest BCUT2D eigenvalue weighted by Crippen LogP contribution is 2.51. The van der Waals surface area contributed by atoms with Crippen LogP contribution in [0.15, 0.2) is 0 Å². The van der Waals surface area contributed by atoms with E-state index in [2.05, 4.69) is 0 Å². The Hall–Kier alpha value is -0.370. The van der Waals surface area contributed by atoms with Crippen molar-refractivity contribution in [3.63, 3.8) is 0 Å². The lowest BCUT2D eigenvalue weighted by molar-refractivity contribution is -0.123. The predicted molar refractivity (Wildman–Crippen MR) is 68.8 cm³/mol. The van der Waals surface area contributed by atoms with E-state index in [1.54, 1.807) is 0 Å². The Morgan fingerprint density at radius 2 is 2.18 bits per heavy atom. The van der Waals surface area contributed by atoms with Gasteiger partial charge in [0.05, 0.1) is 5.60 Å². The van der Waals surface area contributed by atoms with Gasteiger partial charge in [0.1, 0.15) is 5.78 Å². The van der Waals surface area contributed by atoms with Gasteiger partial charge in [0.25, 0.3) is 0 Å². The summed E-state index contributed by atoms with van der Waals surface area (Å²) >= 11 is 0. The van der Waals surface area contributed by atoms with E-state index in [-0.39, 0.29) is 0 Å². The average molecular weight is 238 g/mol. The Kier molecular flexibility index (Phi) is 3.63. The minimum Gasteiger partial charge on any atom is -0.390 e. The van der Waals surface area contributed by atoms with Crippen LogP contribution in [0.5, 0.6) is 0 Å². The molecule has 0 aromatic heterocycles. The van der Waals surface area contributed by atoms with E-state index >= 15 is 0 Å². The highest BCUT2D eigenvalue weighted by atomic mass is 16.3. The summed E-state index contributed by atoms with van der Waals surface area (Å²) in [4.78, 5) is 11.6. The maximum absolute atomic E-state index is 11.6. The zero-order valence-corrected chi connectivity index (χ0v) is 11.3. The third-order valence-electron chi connectivity index (χ3n) is 4.70. The van der Waals surface area contributed by atoms with E-state index in [0.717, 1.165) is 38.0 Å². The molecule has 2 rings (SSSR count). The minimum atomic E-state index is -0.530. The number of carbonyl (C=O) groups excluding carboxylic acids is 1. The number of hydrogen-bond donors (Lipinski definition) is 1. The standard InChI is InChI=1S/C15H26O2/c1-14(2,17)8-5-12-6-9-15(10-12)7-3-4-13(16)11-15/h12,17H,3-11H2,1-2H3/t12?,15-/m1/s1. The SMILES string of the molecule is CC(C)(O)CCC1CC[C@]2(CCCC(=O)C2)C1. The Morgan fingerprint density at radius 1 is 1.41 bits per heavy atom. The van der Waals surface area contributed by atoms with Gasteiger partial charge in [-0.15, -0.1) is 0 Å². The first-order valence-electron chi connectivity index (χ1n) is 7.13. The molecule has 2 heteroatoms. The molecule has 2 fully saturated rings. The largest absolute Gasteiger partial charge is 0.390 e. The topological polar surface area (TPSA) is 37.3 Å². The molecule has 2 saturated carbocycles. The molecule has 2 aliphatic carbocycles. The van der Waals surface area contributed by atoms with Crippen LogP contribution in [0.3, 0.4) is 0 Å². The Morgan fingerprint density at radius 3 is 2.82 bits per heavy atom. The van der Waals surface area contributed by atoms with Crippen molar-refractivity contribution in [3.05, 3.63) is 0 Å². The zero-order chi connectivity index (χ0) is 12.5. The lowest BCUT2D eigenvalue weighted by Gasteiger charge is -2.32. The van der Waals surface area contributed by atoms with E-state index in [1.165, 1.54) is 25.7 Å². The number of Topliss-reactive ketones (excluding diaryl/α,β-unsaturated/α-hetero) is 1. The molecule has 17 heavy (non-hydrogen) atoms. The van der Waals surface area contributed by atoms with Gasteiger partial charge in [0.15, 0.2) is 0 Å². The van der Waals surface area contributed by atoms with Crippen LogP contribution in [0.4, 0.5) is 0 Å². The van der Waals surface area contributed by atoms with Crippen molar-refractivity contribution < 1.29 is 9.90 Å². The summed E-state index contributed by atoms with van der Waals surface area (Å²) in [5, 5.41) is 9.77. The van der Waals surface area contributed by atoms with E-state index in [1.807, 2.05) is 13.8 Å². The normalized spacial score (nSPS) is 34.5. The maximum Gasteiger partial charge on any atom is 0.133 e. The number of carbonyl (C=O) groups is 1. The summed E-state index contributed by atoms with van der Waals surface area (Å²) in [7, 11) is 0. The second-order valence-corrected chi connectivity index (χ2v) is 7.03. The first-order valence-corrected chi connectivity index (χ1v) is 7.13. The number of rotatable bonds is 3. The van der Waals surface area contributed by atoms with Crippen molar-refractivity contribution >= 4 is 5.78 Å². The van der Waals surface area contributed by atoms with Crippen molar-refractivity contribution in [1.82, 2.24) is 0 Å². The molecular formula is C15H26O2. The first-order chi connectivity index (χ1) is 7.89. The minimum absolute atomic E-state index is 0.361. The fraction of sp³-hybridized carbons (Fsp3) is 0.933. The molecule has 0 bridgehead atoms. The van der Waals surface area contributed by atoms with Crippen LogP contribution in [0.1, 0.15) is 71.6 Å². The molecule has 0 amide bonds. The summed E-state index contributed by atoms with van der Waals surface area (Å²) < 4.78 is 0. The van der Waals surface area contributed by atoms with Crippen LogP contribution < -0.4 is 0 Å². The van der Waals surface area contributed by atoms with Crippen LogP contribution in [-0.4, -0.2) is 16.5 Å². The smallest absolute Gasteiger partial charge is 0.133 e. The summed E-state index contributed by atoms with van der Waals surface area (Å²) in [5.41, 5.74) is -0.169. The van der Waals surface area contributed by atoms with Crippen molar-refractivity contribution in [2.75, 3.05) is 0 Å². The van der Waals surface area contributed by atoms with Crippen LogP contribution in [0, 0.1) is 11.3 Å². The monoisotopic (exact) mass is 238 g/mol. The molecule has 0 aromatic carbocycles. The fourth-order valence-corrected chi connectivity index (χ4v) is 3.77. The van der Waals surface area contributed by atoms with Gasteiger partial charge in [0.2, 0.25) is 0 Å². The molecule has 1 unspecified atom stereocenters. The summed E-state index contributed by atoms with van der Waals surface area (Å²) in [6, 6.07) is 0. The van der Waals surface area contributed by atoms with Crippen LogP contribution >= 0.6 is 0 Å². The van der Waals surface area contributed by atoms with Gasteiger partial charge < -0.3 is 5.11 Å². The number of aliphatic hydroxyl groups is 1. The van der Waals surface area contributed by atoms with Crippen molar-refractivity contribution in [1.29, 1.82) is 0 Å². The molecule has 98 valence electrons. The van der Waals surface area contributed by atoms with Gasteiger partial charge in [0, 0.05) is 12.8 Å². The third-order valence-corrected chi connectivity index (χ3v) is 4.70. The second kappa shape index (κ2) is 4.72. The molecule has 0 heterocycles. The van der Waals surface area contributed by atoms with Gasteiger partial charge in [-0.1, -0.05) is 0 Å². The maximum atomic E-state index is 11.6. The summed E-state index contributed by atoms with van der Waals surface area (Å²) in [6.07, 6.45) is 9.78. The summed E-state index contributed by atoms with van der Waals surface area (Å²) in [5.74, 6) is 1.23. The molecule has 2 atom stereocenters. The molecule has 2 aliphatic rings. The lowest BCUT2D eigenvalue weighted by atomic mass is 9.71. The van der Waals surface area contributed by atoms with E-state index < -0.39 is 5.60 Å². The van der Waals surface area contributed by atoms with Gasteiger partial charge in [-0.3, -0.25) is 4.79 Å². The number of ketones is 1. The van der Waals surface area contributed by atoms with Gasteiger partial charge in [-0.05, 0) is 70.1 Å². The van der Waals surface area contributed by atoms with E-state index in [4.69, 9.17) is 0 Å². The second-order valence-electron chi connectivity index (χ2n) is 7.03. The molecule has 0 aromatic rings. The Bertz CT molecular complexity index is 290. The van der Waals surface area contributed by atoms with Crippen molar-refractivity contribution in [2.24, 2.45) is 11.3 Å². The lowest BCUT2D eigenvalue weighted by Crippen LogP contribution is -2.26. The molecule has 2 nitrogen and oxygen atoms in total.